The van der Waals surface area contributed by atoms with Crippen LogP contribution in [0.5, 0.6) is 0 Å². The summed E-state index contributed by atoms with van der Waals surface area (Å²) in [6.07, 6.45) is 2.21. The fourth-order valence-electron chi connectivity index (χ4n) is 1.23. The fraction of sp³-hybridized carbons (Fsp3) is 0.917. The van der Waals surface area contributed by atoms with Crippen LogP contribution in [0.15, 0.2) is 4.99 Å². The molecule has 0 aromatic carbocycles. The molecule has 1 unspecified atom stereocenters. The normalized spacial score (nSPS) is 14.0. The van der Waals surface area contributed by atoms with Crippen molar-refractivity contribution in [1.29, 1.82) is 0 Å². The number of aliphatic imine (C=N–C) groups is 1. The molecular formula is C12H28N4. The molecule has 0 aliphatic carbocycles. The van der Waals surface area contributed by atoms with E-state index in [9.17, 15) is 0 Å². The lowest BCUT2D eigenvalue weighted by Crippen LogP contribution is -2.42. The summed E-state index contributed by atoms with van der Waals surface area (Å²) in [6.45, 7) is 9.32. The van der Waals surface area contributed by atoms with Gasteiger partial charge in [-0.05, 0) is 47.3 Å². The molecule has 16 heavy (non-hydrogen) atoms. The Morgan fingerprint density at radius 2 is 2.00 bits per heavy atom. The van der Waals surface area contributed by atoms with Gasteiger partial charge in [-0.15, -0.1) is 0 Å². The van der Waals surface area contributed by atoms with E-state index in [0.29, 0.717) is 6.04 Å². The van der Waals surface area contributed by atoms with Crippen molar-refractivity contribution in [3.8, 4) is 0 Å². The van der Waals surface area contributed by atoms with Gasteiger partial charge >= 0.3 is 0 Å². The highest BCUT2D eigenvalue weighted by Gasteiger charge is 2.01. The molecule has 0 aromatic heterocycles. The summed E-state index contributed by atoms with van der Waals surface area (Å²) >= 11 is 0. The average molecular weight is 228 g/mol. The molecule has 0 amide bonds. The summed E-state index contributed by atoms with van der Waals surface area (Å²) < 4.78 is 0. The minimum absolute atomic E-state index is 0.478. The summed E-state index contributed by atoms with van der Waals surface area (Å²) in [5.41, 5.74) is 0. The van der Waals surface area contributed by atoms with Crippen LogP contribution in [0.4, 0.5) is 0 Å². The maximum Gasteiger partial charge on any atom is 0.191 e. The van der Waals surface area contributed by atoms with Crippen LogP contribution < -0.4 is 10.6 Å². The number of hydrogen-bond donors (Lipinski definition) is 2. The van der Waals surface area contributed by atoms with Crippen LogP contribution in [0, 0.1) is 0 Å². The summed E-state index contributed by atoms with van der Waals surface area (Å²) in [6, 6.07) is 0.478. The van der Waals surface area contributed by atoms with Gasteiger partial charge in [-0.1, -0.05) is 6.92 Å². The molecule has 0 fully saturated rings. The van der Waals surface area contributed by atoms with Crippen LogP contribution in [0.2, 0.25) is 0 Å². The van der Waals surface area contributed by atoms with Gasteiger partial charge in [0.05, 0.1) is 0 Å². The predicted octanol–water partition coefficient (Wildman–Crippen LogP) is 1.29. The average Bonchev–Trinajstić information content (AvgIpc) is 2.24. The lowest BCUT2D eigenvalue weighted by molar-refractivity contribution is 0.403. The molecule has 0 rings (SSSR count). The van der Waals surface area contributed by atoms with Gasteiger partial charge in [0.15, 0.2) is 5.96 Å². The van der Waals surface area contributed by atoms with Gasteiger partial charge in [0.2, 0.25) is 0 Å². The van der Waals surface area contributed by atoms with Crippen LogP contribution in [-0.4, -0.2) is 50.6 Å². The minimum Gasteiger partial charge on any atom is -0.357 e. The molecule has 0 saturated heterocycles. The summed E-state index contributed by atoms with van der Waals surface area (Å²) in [5, 5.41) is 6.64. The van der Waals surface area contributed by atoms with Crippen LogP contribution in [-0.2, 0) is 0 Å². The van der Waals surface area contributed by atoms with E-state index in [-0.39, 0.29) is 0 Å². The Balaban J connectivity index is 3.93. The molecular weight excluding hydrogens is 200 g/mol. The van der Waals surface area contributed by atoms with Gasteiger partial charge in [0, 0.05) is 19.1 Å². The molecule has 0 heterocycles. The standard InChI is InChI=1S/C12H28N4/c1-6-11(3)15-12(13-7-2)14-9-8-10-16(4)5/h11H,6-10H2,1-5H3,(H2,13,14,15). The third kappa shape index (κ3) is 8.53. The first kappa shape index (κ1) is 15.2. The van der Waals surface area contributed by atoms with Gasteiger partial charge in [-0.3, -0.25) is 4.99 Å². The van der Waals surface area contributed by atoms with Crippen LogP contribution >= 0.6 is 0 Å². The maximum absolute atomic E-state index is 4.54. The van der Waals surface area contributed by atoms with E-state index in [1.54, 1.807) is 0 Å². The number of guanidine groups is 1. The van der Waals surface area contributed by atoms with E-state index >= 15 is 0 Å². The molecule has 0 aliphatic rings. The van der Waals surface area contributed by atoms with E-state index in [1.165, 1.54) is 0 Å². The second-order valence-corrected chi connectivity index (χ2v) is 4.37. The second kappa shape index (κ2) is 9.46. The molecule has 0 spiro atoms. The second-order valence-electron chi connectivity index (χ2n) is 4.37. The first-order valence-electron chi connectivity index (χ1n) is 6.29. The van der Waals surface area contributed by atoms with E-state index in [4.69, 9.17) is 0 Å². The van der Waals surface area contributed by atoms with Gasteiger partial charge in [-0.2, -0.15) is 0 Å². The number of nitrogens with zero attached hydrogens (tertiary/aromatic N) is 2. The van der Waals surface area contributed by atoms with Crippen molar-refractivity contribution >= 4 is 5.96 Å². The van der Waals surface area contributed by atoms with Crippen molar-refractivity contribution in [2.75, 3.05) is 33.7 Å². The topological polar surface area (TPSA) is 39.7 Å². The molecule has 4 nitrogen and oxygen atoms in total. The molecule has 96 valence electrons. The zero-order chi connectivity index (χ0) is 12.4. The quantitative estimate of drug-likeness (QED) is 0.392. The molecule has 2 N–H and O–H groups in total. The summed E-state index contributed by atoms with van der Waals surface area (Å²) in [4.78, 5) is 6.73. The van der Waals surface area contributed by atoms with Crippen LogP contribution in [0.1, 0.15) is 33.6 Å². The van der Waals surface area contributed by atoms with Crippen molar-refractivity contribution in [2.24, 2.45) is 4.99 Å². The minimum atomic E-state index is 0.478. The number of rotatable bonds is 7. The maximum atomic E-state index is 4.54. The summed E-state index contributed by atoms with van der Waals surface area (Å²) in [5.74, 6) is 0.940. The molecule has 0 aliphatic heterocycles. The SMILES string of the molecule is CCNC(=NCCCN(C)C)NC(C)CC. The smallest absolute Gasteiger partial charge is 0.191 e. The Bertz CT molecular complexity index is 189. The van der Waals surface area contributed by atoms with E-state index in [2.05, 4.69) is 55.4 Å². The van der Waals surface area contributed by atoms with Crippen LogP contribution in [0.25, 0.3) is 0 Å². The Hall–Kier alpha value is -0.770. The van der Waals surface area contributed by atoms with Crippen LogP contribution in [0.3, 0.4) is 0 Å². The lowest BCUT2D eigenvalue weighted by atomic mass is 10.3. The fourth-order valence-corrected chi connectivity index (χ4v) is 1.23. The summed E-state index contributed by atoms with van der Waals surface area (Å²) in [7, 11) is 4.18. The first-order valence-corrected chi connectivity index (χ1v) is 6.29. The third-order valence-corrected chi connectivity index (χ3v) is 2.37. The van der Waals surface area contributed by atoms with E-state index in [0.717, 1.165) is 38.4 Å². The highest BCUT2D eigenvalue weighted by Crippen LogP contribution is 1.89. The Morgan fingerprint density at radius 3 is 2.50 bits per heavy atom. The van der Waals surface area contributed by atoms with Crippen molar-refractivity contribution in [2.45, 2.75) is 39.7 Å². The van der Waals surface area contributed by atoms with Crippen molar-refractivity contribution in [1.82, 2.24) is 15.5 Å². The molecule has 0 bridgehead atoms. The molecule has 4 heteroatoms. The highest BCUT2D eigenvalue weighted by atomic mass is 15.2. The first-order chi connectivity index (χ1) is 7.60. The van der Waals surface area contributed by atoms with Gasteiger partial charge in [0.25, 0.3) is 0 Å². The Morgan fingerprint density at radius 1 is 1.31 bits per heavy atom. The molecule has 0 radical (unpaired) electrons. The van der Waals surface area contributed by atoms with E-state index < -0.39 is 0 Å². The molecule has 0 aromatic rings. The van der Waals surface area contributed by atoms with Crippen molar-refractivity contribution < 1.29 is 0 Å². The highest BCUT2D eigenvalue weighted by molar-refractivity contribution is 5.79. The van der Waals surface area contributed by atoms with Crippen molar-refractivity contribution in [3.63, 3.8) is 0 Å². The van der Waals surface area contributed by atoms with Gasteiger partial charge in [0.1, 0.15) is 0 Å². The van der Waals surface area contributed by atoms with E-state index in [1.807, 2.05) is 0 Å². The zero-order valence-corrected chi connectivity index (χ0v) is 11.5. The van der Waals surface area contributed by atoms with Gasteiger partial charge in [-0.25, -0.2) is 0 Å². The Labute approximate surface area is 101 Å². The Kier molecular flexibility index (Phi) is 9.00. The largest absolute Gasteiger partial charge is 0.357 e. The lowest BCUT2D eigenvalue weighted by Gasteiger charge is -2.16. The molecule has 0 saturated carbocycles. The zero-order valence-electron chi connectivity index (χ0n) is 11.5. The third-order valence-electron chi connectivity index (χ3n) is 2.37. The number of hydrogen-bond acceptors (Lipinski definition) is 2. The van der Waals surface area contributed by atoms with Crippen molar-refractivity contribution in [3.05, 3.63) is 0 Å². The molecule has 1 atom stereocenters. The predicted molar refractivity (Wildman–Crippen MR) is 72.0 cm³/mol. The number of nitrogens with one attached hydrogen (secondary N) is 2. The monoisotopic (exact) mass is 228 g/mol. The van der Waals surface area contributed by atoms with Gasteiger partial charge < -0.3 is 15.5 Å².